The Bertz CT molecular complexity index is 1330. The number of aryl methyl sites for hydroxylation is 1. The van der Waals surface area contributed by atoms with Crippen LogP contribution in [0.15, 0.2) is 76.7 Å². The molecule has 36 heavy (non-hydrogen) atoms. The van der Waals surface area contributed by atoms with Crippen LogP contribution in [0.2, 0.25) is 0 Å². The van der Waals surface area contributed by atoms with E-state index in [1.54, 1.807) is 30.5 Å². The van der Waals surface area contributed by atoms with Crippen LogP contribution < -0.4 is 4.74 Å². The quantitative estimate of drug-likeness (QED) is 0.267. The van der Waals surface area contributed by atoms with Gasteiger partial charge in [-0.3, -0.25) is 9.59 Å². The molecule has 0 aliphatic rings. The summed E-state index contributed by atoms with van der Waals surface area (Å²) < 4.78 is 20.4. The average molecular weight is 506 g/mol. The number of carbonyl (C=O) groups excluding carboxylic acids is 1. The first-order chi connectivity index (χ1) is 17.8. The van der Waals surface area contributed by atoms with Gasteiger partial charge in [-0.2, -0.15) is 0 Å². The van der Waals surface area contributed by atoms with Crippen molar-refractivity contribution in [3.05, 3.63) is 94.1 Å². The van der Waals surface area contributed by atoms with E-state index in [-0.39, 0.29) is 25.0 Å². The Balaban J connectivity index is 1.49. The minimum Gasteiger partial charge on any atom is -0.487 e. The molecule has 2 aromatic heterocycles. The fourth-order valence-corrected chi connectivity index (χ4v) is 4.36. The maximum absolute atomic E-state index is 13.5. The second-order valence-corrected chi connectivity index (χ2v) is 9.39. The van der Waals surface area contributed by atoms with Gasteiger partial charge in [-0.15, -0.1) is 11.3 Å². The number of hydrogen-bond donors (Lipinski definition) is 1. The van der Waals surface area contributed by atoms with Crippen molar-refractivity contribution in [2.45, 2.75) is 45.9 Å². The van der Waals surface area contributed by atoms with Crippen LogP contribution in [0.5, 0.6) is 5.75 Å². The van der Waals surface area contributed by atoms with Gasteiger partial charge in [0.2, 0.25) is 0 Å². The van der Waals surface area contributed by atoms with Crippen molar-refractivity contribution in [2.24, 2.45) is 0 Å². The highest BCUT2D eigenvalue weighted by Crippen LogP contribution is 2.25. The number of carbonyl (C=O) groups is 2. The van der Waals surface area contributed by atoms with Gasteiger partial charge in [-0.25, -0.2) is 4.98 Å². The predicted octanol–water partition coefficient (Wildman–Crippen LogP) is 6.05. The van der Waals surface area contributed by atoms with Crippen molar-refractivity contribution in [2.75, 3.05) is 0 Å². The number of furan rings is 1. The highest BCUT2D eigenvalue weighted by atomic mass is 32.1. The molecule has 4 rings (SSSR count). The molecule has 0 spiro atoms. The maximum Gasteiger partial charge on any atom is 0.303 e. The standard InChI is InChI=1S/C28H28N2O5S/c1-19(2)30(28(33)21-11-9-20(10-12-21)24-8-5-15-34-24)16-22-6-3-4-7-25(22)35-17-23-18-36-26(29-23)13-14-27(31)32/h3-12,15,18-19H,13-14,16-17H2,1-2H3,(H,31,32)/i16D. The molecule has 1 amide bonds. The molecular formula is C28H28N2O5S. The Morgan fingerprint density at radius 3 is 2.61 bits per heavy atom. The summed E-state index contributed by atoms with van der Waals surface area (Å²) >= 11 is 1.40. The number of ether oxygens (including phenoxy) is 1. The van der Waals surface area contributed by atoms with Crippen LogP contribution in [-0.2, 0) is 24.3 Å². The van der Waals surface area contributed by atoms with Gasteiger partial charge < -0.3 is 19.2 Å². The Kier molecular flexibility index (Phi) is 7.73. The lowest BCUT2D eigenvalue weighted by Crippen LogP contribution is -2.36. The van der Waals surface area contributed by atoms with E-state index in [0.717, 1.165) is 16.3 Å². The number of aliphatic carboxylic acids is 1. The lowest BCUT2D eigenvalue weighted by molar-refractivity contribution is -0.136. The van der Waals surface area contributed by atoms with E-state index in [0.29, 0.717) is 29.0 Å². The molecule has 2 heterocycles. The fourth-order valence-electron chi connectivity index (χ4n) is 3.58. The summed E-state index contributed by atoms with van der Waals surface area (Å²) in [7, 11) is 0. The van der Waals surface area contributed by atoms with Gasteiger partial charge in [0.15, 0.2) is 0 Å². The summed E-state index contributed by atoms with van der Waals surface area (Å²) in [6.07, 6.45) is 2.01. The van der Waals surface area contributed by atoms with Crippen LogP contribution in [-0.4, -0.2) is 32.9 Å². The third kappa shape index (κ3) is 6.40. The summed E-state index contributed by atoms with van der Waals surface area (Å²) in [5.41, 5.74) is 2.61. The van der Waals surface area contributed by atoms with E-state index in [4.69, 9.17) is 15.6 Å². The van der Waals surface area contributed by atoms with Crippen LogP contribution >= 0.6 is 11.3 Å². The van der Waals surface area contributed by atoms with Crippen molar-refractivity contribution in [1.82, 2.24) is 9.88 Å². The minimum absolute atomic E-state index is 0.0296. The minimum atomic E-state index is -0.991. The van der Waals surface area contributed by atoms with Gasteiger partial charge in [0.25, 0.3) is 5.91 Å². The molecule has 7 nitrogen and oxygen atoms in total. The van der Waals surface area contributed by atoms with Crippen LogP contribution in [0.4, 0.5) is 0 Å². The number of amides is 1. The first-order valence-corrected chi connectivity index (χ1v) is 12.5. The zero-order valence-electron chi connectivity index (χ0n) is 21.1. The second-order valence-electron chi connectivity index (χ2n) is 8.44. The number of aromatic nitrogens is 1. The molecule has 186 valence electrons. The van der Waals surface area contributed by atoms with Crippen molar-refractivity contribution >= 4 is 23.2 Å². The number of hydrogen-bond acceptors (Lipinski definition) is 6. The third-order valence-corrected chi connectivity index (χ3v) is 6.41. The molecule has 0 aliphatic carbocycles. The van der Waals surface area contributed by atoms with Gasteiger partial charge in [0, 0.05) is 41.1 Å². The van der Waals surface area contributed by atoms with Gasteiger partial charge in [0.05, 0.1) is 24.8 Å². The molecule has 0 aliphatic heterocycles. The summed E-state index contributed by atoms with van der Waals surface area (Å²) in [4.78, 5) is 30.3. The van der Waals surface area contributed by atoms with Gasteiger partial charge in [-0.1, -0.05) is 30.3 Å². The smallest absolute Gasteiger partial charge is 0.303 e. The average Bonchev–Trinajstić information content (AvgIpc) is 3.59. The number of para-hydroxylation sites is 1. The number of carboxylic acid groups (broad SMARTS) is 1. The molecule has 1 N–H and O–H groups in total. The molecule has 0 bridgehead atoms. The Morgan fingerprint density at radius 1 is 1.14 bits per heavy atom. The Labute approximate surface area is 215 Å². The Hall–Kier alpha value is -3.91. The Morgan fingerprint density at radius 2 is 1.92 bits per heavy atom. The fraction of sp³-hybridized carbons (Fsp3) is 0.250. The molecule has 4 aromatic rings. The molecule has 0 fully saturated rings. The van der Waals surface area contributed by atoms with E-state index >= 15 is 0 Å². The predicted molar refractivity (Wildman–Crippen MR) is 138 cm³/mol. The van der Waals surface area contributed by atoms with Crippen LogP contribution in [0.1, 0.15) is 48.3 Å². The van der Waals surface area contributed by atoms with E-state index < -0.39 is 12.5 Å². The summed E-state index contributed by atoms with van der Waals surface area (Å²) in [6.45, 7) is 2.95. The van der Waals surface area contributed by atoms with Crippen molar-refractivity contribution in [1.29, 1.82) is 0 Å². The molecule has 0 saturated heterocycles. The molecule has 1 unspecified atom stereocenters. The number of thiazole rings is 1. The first-order valence-electron chi connectivity index (χ1n) is 12.2. The molecule has 0 radical (unpaired) electrons. The first kappa shape index (κ1) is 23.8. The lowest BCUT2D eigenvalue weighted by Gasteiger charge is -2.28. The van der Waals surface area contributed by atoms with Crippen LogP contribution in [0.25, 0.3) is 11.3 Å². The zero-order valence-corrected chi connectivity index (χ0v) is 20.9. The monoisotopic (exact) mass is 505 g/mol. The van der Waals surface area contributed by atoms with Crippen molar-refractivity contribution in [3.8, 4) is 17.1 Å². The third-order valence-electron chi connectivity index (χ3n) is 5.45. The zero-order chi connectivity index (χ0) is 26.4. The van der Waals surface area contributed by atoms with E-state index in [9.17, 15) is 9.59 Å². The molecule has 2 aromatic carbocycles. The van der Waals surface area contributed by atoms with Gasteiger partial charge in [0.1, 0.15) is 18.1 Å². The topological polar surface area (TPSA) is 92.9 Å². The molecule has 0 saturated carbocycles. The highest BCUT2D eigenvalue weighted by Gasteiger charge is 2.21. The largest absolute Gasteiger partial charge is 0.487 e. The maximum atomic E-state index is 13.5. The molecular weight excluding hydrogens is 476 g/mol. The SMILES string of the molecule is [2H]C(c1ccccc1OCc1csc(CCC(=O)O)n1)N(C(=O)c1ccc(-c2ccco2)cc1)C(C)C. The van der Waals surface area contributed by atoms with Crippen molar-refractivity contribution < 1.29 is 25.2 Å². The summed E-state index contributed by atoms with van der Waals surface area (Å²) in [6, 6.07) is 17.8. The summed E-state index contributed by atoms with van der Waals surface area (Å²) in [5, 5.41) is 11.4. The van der Waals surface area contributed by atoms with Crippen LogP contribution in [0.3, 0.4) is 0 Å². The molecule has 8 heteroatoms. The van der Waals surface area contributed by atoms with E-state index in [2.05, 4.69) is 4.98 Å². The van der Waals surface area contributed by atoms with Gasteiger partial charge >= 0.3 is 5.97 Å². The van der Waals surface area contributed by atoms with E-state index in [1.807, 2.05) is 55.6 Å². The number of benzene rings is 2. The molecule has 1 atom stereocenters. The van der Waals surface area contributed by atoms with E-state index in [1.165, 1.54) is 16.2 Å². The van der Waals surface area contributed by atoms with Crippen LogP contribution in [0, 0.1) is 0 Å². The van der Waals surface area contributed by atoms with Crippen molar-refractivity contribution in [3.63, 3.8) is 0 Å². The number of rotatable bonds is 11. The normalized spacial score (nSPS) is 12.2. The van der Waals surface area contributed by atoms with Gasteiger partial charge in [-0.05, 0) is 44.2 Å². The highest BCUT2D eigenvalue weighted by molar-refractivity contribution is 7.09. The second kappa shape index (κ2) is 11.7. The number of nitrogens with zero attached hydrogens (tertiary/aromatic N) is 2. The lowest BCUT2D eigenvalue weighted by atomic mass is 10.1. The summed E-state index contributed by atoms with van der Waals surface area (Å²) in [5.74, 6) is 0.104. The number of carboxylic acids is 1.